The molecule has 0 aliphatic carbocycles. The standard InChI is InChI=1S/C12H20BrN3OS/c1-4-5-11-15-10(13)8-12(16-11)14-7-6-9(2)18(3)17/h8-9H,4-7H2,1-3H3,(H,14,15,16). The van der Waals surface area contributed by atoms with Gasteiger partial charge in [0.1, 0.15) is 16.2 Å². The van der Waals surface area contributed by atoms with E-state index in [1.54, 1.807) is 6.26 Å². The number of aryl methyl sites for hydroxylation is 1. The number of hydrogen-bond donors (Lipinski definition) is 1. The van der Waals surface area contributed by atoms with Gasteiger partial charge in [-0.15, -0.1) is 0 Å². The molecule has 2 unspecified atom stereocenters. The van der Waals surface area contributed by atoms with E-state index in [9.17, 15) is 4.21 Å². The average Bonchev–Trinajstić information content (AvgIpc) is 2.28. The fraction of sp³-hybridized carbons (Fsp3) is 0.667. The van der Waals surface area contributed by atoms with Gasteiger partial charge in [0.05, 0.1) is 0 Å². The molecule has 102 valence electrons. The largest absolute Gasteiger partial charge is 0.370 e. The highest BCUT2D eigenvalue weighted by molar-refractivity contribution is 9.10. The Morgan fingerprint density at radius 2 is 2.22 bits per heavy atom. The zero-order valence-corrected chi connectivity index (χ0v) is 13.5. The van der Waals surface area contributed by atoms with E-state index >= 15 is 0 Å². The monoisotopic (exact) mass is 333 g/mol. The van der Waals surface area contributed by atoms with Crippen LogP contribution < -0.4 is 5.32 Å². The fourth-order valence-electron chi connectivity index (χ4n) is 1.46. The molecule has 0 aromatic carbocycles. The lowest BCUT2D eigenvalue weighted by Crippen LogP contribution is -2.15. The van der Waals surface area contributed by atoms with Gasteiger partial charge in [-0.3, -0.25) is 4.21 Å². The molecule has 0 spiro atoms. The third-order valence-electron chi connectivity index (χ3n) is 2.64. The maximum absolute atomic E-state index is 11.2. The van der Waals surface area contributed by atoms with Gasteiger partial charge in [0.15, 0.2) is 0 Å². The van der Waals surface area contributed by atoms with Gasteiger partial charge in [-0.25, -0.2) is 9.97 Å². The molecule has 0 fully saturated rings. The van der Waals surface area contributed by atoms with E-state index in [0.29, 0.717) is 0 Å². The minimum absolute atomic E-state index is 0.206. The molecule has 1 heterocycles. The summed E-state index contributed by atoms with van der Waals surface area (Å²) < 4.78 is 12.0. The van der Waals surface area contributed by atoms with Crippen molar-refractivity contribution >= 4 is 32.5 Å². The summed E-state index contributed by atoms with van der Waals surface area (Å²) in [6, 6.07) is 1.87. The summed E-state index contributed by atoms with van der Waals surface area (Å²) in [5.41, 5.74) is 0. The fourth-order valence-corrected chi connectivity index (χ4v) is 2.33. The Hall–Kier alpha value is -0.490. The van der Waals surface area contributed by atoms with E-state index in [1.165, 1.54) is 0 Å². The summed E-state index contributed by atoms with van der Waals surface area (Å²) in [7, 11) is -0.762. The van der Waals surface area contributed by atoms with Crippen molar-refractivity contribution in [1.29, 1.82) is 0 Å². The summed E-state index contributed by atoms with van der Waals surface area (Å²) in [6.07, 6.45) is 4.52. The van der Waals surface area contributed by atoms with Crippen LogP contribution in [0.1, 0.15) is 32.5 Å². The molecule has 0 aliphatic heterocycles. The van der Waals surface area contributed by atoms with Crippen LogP contribution in [0.15, 0.2) is 10.7 Å². The van der Waals surface area contributed by atoms with Crippen LogP contribution in [0.25, 0.3) is 0 Å². The van der Waals surface area contributed by atoms with Crippen molar-refractivity contribution in [3.05, 3.63) is 16.5 Å². The lowest BCUT2D eigenvalue weighted by molar-refractivity contribution is 0.672. The first-order chi connectivity index (χ1) is 8.52. The van der Waals surface area contributed by atoms with Crippen LogP contribution >= 0.6 is 15.9 Å². The molecule has 18 heavy (non-hydrogen) atoms. The third kappa shape index (κ3) is 5.44. The number of nitrogens with zero attached hydrogens (tertiary/aromatic N) is 2. The van der Waals surface area contributed by atoms with Crippen LogP contribution in [0, 0.1) is 0 Å². The van der Waals surface area contributed by atoms with E-state index in [2.05, 4.69) is 38.1 Å². The van der Waals surface area contributed by atoms with Gasteiger partial charge >= 0.3 is 0 Å². The molecular weight excluding hydrogens is 314 g/mol. The SMILES string of the molecule is CCCc1nc(Br)cc(NCCC(C)S(C)=O)n1. The summed E-state index contributed by atoms with van der Waals surface area (Å²) in [6.45, 7) is 4.88. The second kappa shape index (κ2) is 7.84. The van der Waals surface area contributed by atoms with E-state index in [0.717, 1.165) is 42.1 Å². The lowest BCUT2D eigenvalue weighted by atomic mass is 10.3. The van der Waals surface area contributed by atoms with Crippen molar-refractivity contribution in [1.82, 2.24) is 9.97 Å². The summed E-state index contributed by atoms with van der Waals surface area (Å²) in [4.78, 5) is 8.75. The van der Waals surface area contributed by atoms with Gasteiger partial charge < -0.3 is 5.32 Å². The molecule has 6 heteroatoms. The highest BCUT2D eigenvalue weighted by atomic mass is 79.9. The smallest absolute Gasteiger partial charge is 0.132 e. The van der Waals surface area contributed by atoms with Crippen molar-refractivity contribution < 1.29 is 4.21 Å². The first-order valence-electron chi connectivity index (χ1n) is 6.12. The molecule has 0 bridgehead atoms. The average molecular weight is 334 g/mol. The summed E-state index contributed by atoms with van der Waals surface area (Å²) >= 11 is 3.39. The molecule has 0 saturated carbocycles. The van der Waals surface area contributed by atoms with Gasteiger partial charge in [0.2, 0.25) is 0 Å². The molecular formula is C12H20BrN3OS. The van der Waals surface area contributed by atoms with Crippen molar-refractivity contribution in [3.63, 3.8) is 0 Å². The van der Waals surface area contributed by atoms with Gasteiger partial charge in [-0.05, 0) is 28.8 Å². The number of nitrogens with one attached hydrogen (secondary N) is 1. The van der Waals surface area contributed by atoms with Crippen LogP contribution in [0.2, 0.25) is 0 Å². The lowest BCUT2D eigenvalue weighted by Gasteiger charge is -2.10. The normalized spacial score (nSPS) is 14.2. The molecule has 4 nitrogen and oxygen atoms in total. The van der Waals surface area contributed by atoms with Crippen molar-refractivity contribution in [3.8, 4) is 0 Å². The van der Waals surface area contributed by atoms with Gasteiger partial charge in [0.25, 0.3) is 0 Å². The number of aromatic nitrogens is 2. The van der Waals surface area contributed by atoms with E-state index in [-0.39, 0.29) is 5.25 Å². The highest BCUT2D eigenvalue weighted by Gasteiger charge is 2.06. The maximum Gasteiger partial charge on any atom is 0.132 e. The molecule has 0 amide bonds. The second-order valence-corrected chi connectivity index (χ2v) is 6.88. The zero-order chi connectivity index (χ0) is 13.5. The Balaban J connectivity index is 2.53. The Kier molecular flexibility index (Phi) is 6.78. The molecule has 1 aromatic rings. The van der Waals surface area contributed by atoms with Crippen LogP contribution in [-0.2, 0) is 17.2 Å². The summed E-state index contributed by atoms with van der Waals surface area (Å²) in [5, 5.41) is 3.46. The summed E-state index contributed by atoms with van der Waals surface area (Å²) in [5.74, 6) is 1.68. The zero-order valence-electron chi connectivity index (χ0n) is 11.1. The Morgan fingerprint density at radius 1 is 1.50 bits per heavy atom. The highest BCUT2D eigenvalue weighted by Crippen LogP contribution is 2.13. The van der Waals surface area contributed by atoms with Gasteiger partial charge in [-0.1, -0.05) is 13.8 Å². The Labute approximate surface area is 120 Å². The molecule has 1 N–H and O–H groups in total. The van der Waals surface area contributed by atoms with Crippen molar-refractivity contribution in [2.45, 2.75) is 38.4 Å². The van der Waals surface area contributed by atoms with E-state index in [4.69, 9.17) is 0 Å². The molecule has 1 aromatic heterocycles. The third-order valence-corrected chi connectivity index (χ3v) is 4.41. The molecule has 2 atom stereocenters. The van der Waals surface area contributed by atoms with Crippen molar-refractivity contribution in [2.24, 2.45) is 0 Å². The van der Waals surface area contributed by atoms with Crippen LogP contribution in [0.4, 0.5) is 5.82 Å². The molecule has 0 aliphatic rings. The van der Waals surface area contributed by atoms with Crippen molar-refractivity contribution in [2.75, 3.05) is 18.1 Å². The Bertz CT molecular complexity index is 414. The maximum atomic E-state index is 11.2. The second-order valence-electron chi connectivity index (χ2n) is 4.27. The Morgan fingerprint density at radius 3 is 2.83 bits per heavy atom. The van der Waals surface area contributed by atoms with E-state index in [1.807, 2.05) is 13.0 Å². The molecule has 0 radical (unpaired) electrons. The number of halogens is 1. The first-order valence-corrected chi connectivity index (χ1v) is 8.54. The molecule has 0 saturated heterocycles. The number of rotatable bonds is 7. The predicted molar refractivity (Wildman–Crippen MR) is 80.4 cm³/mol. The topological polar surface area (TPSA) is 54.9 Å². The van der Waals surface area contributed by atoms with Crippen LogP contribution in [0.5, 0.6) is 0 Å². The minimum atomic E-state index is -0.762. The minimum Gasteiger partial charge on any atom is -0.370 e. The van der Waals surface area contributed by atoms with Crippen LogP contribution in [0.3, 0.4) is 0 Å². The van der Waals surface area contributed by atoms with Crippen LogP contribution in [-0.4, -0.2) is 32.2 Å². The number of anilines is 1. The van der Waals surface area contributed by atoms with Gasteiger partial charge in [-0.2, -0.15) is 0 Å². The first kappa shape index (κ1) is 15.6. The van der Waals surface area contributed by atoms with E-state index < -0.39 is 10.8 Å². The molecule has 1 rings (SSSR count). The predicted octanol–water partition coefficient (Wildman–Crippen LogP) is 2.76. The van der Waals surface area contributed by atoms with Gasteiger partial charge in [0, 0.05) is 41.3 Å². The number of hydrogen-bond acceptors (Lipinski definition) is 4. The quantitative estimate of drug-likeness (QED) is 0.779.